The average molecular weight is 303 g/mol. The number of rotatable bonds is 2. The molecular weight excluding hydrogens is 285 g/mol. The molecule has 2 aromatic carbocycles. The number of halogens is 1. The van der Waals surface area contributed by atoms with Gasteiger partial charge < -0.3 is 9.84 Å². The number of benzene rings is 2. The molecular formula is C17H18FNO3. The molecule has 0 saturated carbocycles. The van der Waals surface area contributed by atoms with Crippen molar-refractivity contribution in [1.29, 1.82) is 0 Å². The number of phenolic OH excluding ortho intramolecular Hbond substituents is 1. The van der Waals surface area contributed by atoms with Crippen LogP contribution < -0.4 is 5.32 Å². The first kappa shape index (κ1) is 15.8. The fraction of sp³-hybridized carbons (Fsp3) is 0.235. The van der Waals surface area contributed by atoms with Crippen molar-refractivity contribution < 1.29 is 19.0 Å². The summed E-state index contributed by atoms with van der Waals surface area (Å²) < 4.78 is 18.3. The van der Waals surface area contributed by atoms with Crippen LogP contribution in [0.4, 0.5) is 14.9 Å². The van der Waals surface area contributed by atoms with E-state index in [1.54, 1.807) is 51.1 Å². The Balaban J connectivity index is 2.19. The van der Waals surface area contributed by atoms with Gasteiger partial charge in [-0.2, -0.15) is 0 Å². The highest BCUT2D eigenvalue weighted by Crippen LogP contribution is 2.27. The lowest BCUT2D eigenvalue weighted by Crippen LogP contribution is -2.27. The Morgan fingerprint density at radius 3 is 2.45 bits per heavy atom. The molecule has 0 aliphatic heterocycles. The highest BCUT2D eigenvalue weighted by molar-refractivity contribution is 5.86. The second kappa shape index (κ2) is 6.05. The number of aromatic hydroxyl groups is 1. The van der Waals surface area contributed by atoms with E-state index >= 15 is 0 Å². The lowest BCUT2D eigenvalue weighted by Gasteiger charge is -2.19. The fourth-order valence-corrected chi connectivity index (χ4v) is 1.89. The number of ether oxygens (including phenoxy) is 1. The molecule has 0 unspecified atom stereocenters. The van der Waals surface area contributed by atoms with Crippen molar-refractivity contribution in [2.45, 2.75) is 26.4 Å². The maximum atomic E-state index is 13.1. The van der Waals surface area contributed by atoms with Crippen molar-refractivity contribution >= 4 is 11.8 Å². The lowest BCUT2D eigenvalue weighted by atomic mass is 10.0. The van der Waals surface area contributed by atoms with E-state index in [9.17, 15) is 14.3 Å². The number of carbonyl (C=O) groups excluding carboxylic acids is 1. The summed E-state index contributed by atoms with van der Waals surface area (Å²) in [6, 6.07) is 11.1. The number of carbonyl (C=O) groups is 1. The Hall–Kier alpha value is -2.56. The zero-order valence-electron chi connectivity index (χ0n) is 12.7. The van der Waals surface area contributed by atoms with Gasteiger partial charge in [0.25, 0.3) is 0 Å². The molecule has 0 fully saturated rings. The third-order valence-corrected chi connectivity index (χ3v) is 2.79. The second-order valence-electron chi connectivity index (χ2n) is 5.87. The second-order valence-corrected chi connectivity index (χ2v) is 5.87. The summed E-state index contributed by atoms with van der Waals surface area (Å²) in [7, 11) is 0. The number of anilines is 1. The average Bonchev–Trinajstić information content (AvgIpc) is 2.40. The first-order chi connectivity index (χ1) is 10.2. The largest absolute Gasteiger partial charge is 0.505 e. The molecule has 2 aromatic rings. The Morgan fingerprint density at radius 2 is 1.82 bits per heavy atom. The van der Waals surface area contributed by atoms with Crippen LogP contribution in [-0.4, -0.2) is 16.8 Å². The van der Waals surface area contributed by atoms with Crippen LogP contribution >= 0.6 is 0 Å². The number of hydrogen-bond donors (Lipinski definition) is 2. The van der Waals surface area contributed by atoms with Gasteiger partial charge in [0.2, 0.25) is 0 Å². The van der Waals surface area contributed by atoms with Gasteiger partial charge in [0.1, 0.15) is 5.60 Å². The van der Waals surface area contributed by atoms with Gasteiger partial charge in [-0.15, -0.1) is 0 Å². The van der Waals surface area contributed by atoms with Crippen LogP contribution in [0.1, 0.15) is 20.8 Å². The first-order valence-electron chi connectivity index (χ1n) is 6.83. The Bertz CT molecular complexity index is 693. The van der Waals surface area contributed by atoms with Crippen molar-refractivity contribution in [3.05, 3.63) is 48.3 Å². The molecule has 4 nitrogen and oxygen atoms in total. The van der Waals surface area contributed by atoms with Crippen LogP contribution in [0.25, 0.3) is 11.1 Å². The van der Waals surface area contributed by atoms with Gasteiger partial charge in [-0.25, -0.2) is 9.18 Å². The number of hydrogen-bond acceptors (Lipinski definition) is 3. The molecule has 5 heteroatoms. The smallest absolute Gasteiger partial charge is 0.412 e. The summed E-state index contributed by atoms with van der Waals surface area (Å²) in [6.07, 6.45) is -0.549. The molecule has 0 aliphatic carbocycles. The van der Waals surface area contributed by atoms with Gasteiger partial charge >= 0.3 is 6.09 Å². The van der Waals surface area contributed by atoms with E-state index in [0.717, 1.165) is 5.56 Å². The Kier molecular flexibility index (Phi) is 4.35. The molecule has 0 saturated heterocycles. The van der Waals surface area contributed by atoms with Crippen LogP contribution in [0.2, 0.25) is 0 Å². The molecule has 0 heterocycles. The van der Waals surface area contributed by atoms with E-state index in [4.69, 9.17) is 4.74 Å². The topological polar surface area (TPSA) is 58.6 Å². The quantitative estimate of drug-likeness (QED) is 0.856. The Labute approximate surface area is 128 Å². The van der Waals surface area contributed by atoms with Gasteiger partial charge in [-0.05, 0) is 56.2 Å². The van der Waals surface area contributed by atoms with Crippen molar-refractivity contribution in [2.75, 3.05) is 5.32 Å². The molecule has 0 aliphatic rings. The summed E-state index contributed by atoms with van der Waals surface area (Å²) in [6.45, 7) is 5.35. The zero-order chi connectivity index (χ0) is 16.3. The standard InChI is InChI=1S/C17H18FNO3/c1-17(2,3)22-16(21)19-13-6-4-5-11(9-13)12-7-8-14(18)15(20)10-12/h4-10,20H,1-3H3,(H,19,21). The number of nitrogens with one attached hydrogen (secondary N) is 1. The van der Waals surface area contributed by atoms with Gasteiger partial charge in [-0.3, -0.25) is 5.32 Å². The monoisotopic (exact) mass is 303 g/mol. The van der Waals surface area contributed by atoms with Crippen molar-refractivity contribution in [1.82, 2.24) is 0 Å². The maximum absolute atomic E-state index is 13.1. The van der Waals surface area contributed by atoms with E-state index in [-0.39, 0.29) is 0 Å². The predicted octanol–water partition coefficient (Wildman–Crippen LogP) is 4.55. The maximum Gasteiger partial charge on any atom is 0.412 e. The van der Waals surface area contributed by atoms with Crippen LogP contribution in [0.3, 0.4) is 0 Å². The number of amides is 1. The van der Waals surface area contributed by atoms with Crippen molar-refractivity contribution in [3.8, 4) is 16.9 Å². The minimum atomic E-state index is -0.674. The Morgan fingerprint density at radius 1 is 1.14 bits per heavy atom. The molecule has 2 rings (SSSR count). The normalized spacial score (nSPS) is 11.1. The van der Waals surface area contributed by atoms with E-state index in [0.29, 0.717) is 11.3 Å². The van der Waals surface area contributed by atoms with Gasteiger partial charge in [-0.1, -0.05) is 18.2 Å². The lowest BCUT2D eigenvalue weighted by molar-refractivity contribution is 0.0636. The van der Waals surface area contributed by atoms with E-state index in [1.807, 2.05) is 0 Å². The van der Waals surface area contributed by atoms with Crippen molar-refractivity contribution in [2.24, 2.45) is 0 Å². The molecule has 0 spiro atoms. The van der Waals surface area contributed by atoms with Crippen LogP contribution in [0.5, 0.6) is 5.75 Å². The van der Waals surface area contributed by atoms with E-state index in [1.165, 1.54) is 12.1 Å². The SMILES string of the molecule is CC(C)(C)OC(=O)Nc1cccc(-c2ccc(F)c(O)c2)c1. The molecule has 0 atom stereocenters. The highest BCUT2D eigenvalue weighted by Gasteiger charge is 2.16. The van der Waals surface area contributed by atoms with Gasteiger partial charge in [0, 0.05) is 5.69 Å². The summed E-state index contributed by atoms with van der Waals surface area (Å²) in [5, 5.41) is 12.1. The summed E-state index contributed by atoms with van der Waals surface area (Å²) in [5.74, 6) is -1.09. The van der Waals surface area contributed by atoms with Gasteiger partial charge in [0.05, 0.1) is 0 Å². The van der Waals surface area contributed by atoms with Gasteiger partial charge in [0.15, 0.2) is 11.6 Å². The van der Waals surface area contributed by atoms with Crippen LogP contribution in [-0.2, 0) is 4.74 Å². The summed E-state index contributed by atoms with van der Waals surface area (Å²) in [4.78, 5) is 11.8. The third-order valence-electron chi connectivity index (χ3n) is 2.79. The molecule has 0 radical (unpaired) electrons. The molecule has 2 N–H and O–H groups in total. The minimum absolute atomic E-state index is 0.414. The summed E-state index contributed by atoms with van der Waals surface area (Å²) in [5.41, 5.74) is 1.36. The van der Waals surface area contributed by atoms with Crippen LogP contribution in [0.15, 0.2) is 42.5 Å². The van der Waals surface area contributed by atoms with Crippen LogP contribution in [0, 0.1) is 5.82 Å². The molecule has 0 bridgehead atoms. The fourth-order valence-electron chi connectivity index (χ4n) is 1.89. The molecule has 1 amide bonds. The minimum Gasteiger partial charge on any atom is -0.505 e. The van der Waals surface area contributed by atoms with E-state index < -0.39 is 23.3 Å². The molecule has 116 valence electrons. The summed E-state index contributed by atoms with van der Waals surface area (Å²) >= 11 is 0. The first-order valence-corrected chi connectivity index (χ1v) is 6.83. The third kappa shape index (κ3) is 4.22. The molecule has 22 heavy (non-hydrogen) atoms. The highest BCUT2D eigenvalue weighted by atomic mass is 19.1. The van der Waals surface area contributed by atoms with Crippen molar-refractivity contribution in [3.63, 3.8) is 0 Å². The zero-order valence-corrected chi connectivity index (χ0v) is 12.7. The molecule has 0 aromatic heterocycles. The number of phenols is 1. The predicted molar refractivity (Wildman–Crippen MR) is 83.4 cm³/mol. The van der Waals surface area contributed by atoms with E-state index in [2.05, 4.69) is 5.32 Å².